The molecule has 0 N–H and O–H groups in total. The van der Waals surface area contributed by atoms with Crippen LogP contribution in [-0.4, -0.2) is 0 Å². The summed E-state index contributed by atoms with van der Waals surface area (Å²) in [6.07, 6.45) is 0. The largest absolute Gasteiger partial charge is 0.192 e. The Balaban J connectivity index is 1.31. The molecule has 0 heterocycles. The first-order valence-corrected chi connectivity index (χ1v) is 12.9. The third-order valence-electron chi connectivity index (χ3n) is 6.64. The van der Waals surface area contributed by atoms with Crippen LogP contribution in [-0.2, 0) is 0 Å². The zero-order valence-corrected chi connectivity index (χ0v) is 21.1. The van der Waals surface area contributed by atoms with E-state index < -0.39 is 0 Å². The summed E-state index contributed by atoms with van der Waals surface area (Å²) in [7, 11) is 0. The van der Waals surface area contributed by atoms with Crippen LogP contribution in [0.15, 0.2) is 170 Å². The van der Waals surface area contributed by atoms with Crippen LogP contribution in [0.4, 0.5) is 34.1 Å². The summed E-state index contributed by atoms with van der Waals surface area (Å²) < 4.78 is 0. The van der Waals surface area contributed by atoms with E-state index in [4.69, 9.17) is 0 Å². The van der Waals surface area contributed by atoms with Gasteiger partial charge in [0.15, 0.2) is 34.1 Å². The molecule has 0 fully saturated rings. The van der Waals surface area contributed by atoms with Crippen LogP contribution in [0.5, 0.6) is 0 Å². The van der Waals surface area contributed by atoms with Crippen LogP contribution >= 0.6 is 0 Å². The van der Waals surface area contributed by atoms with Gasteiger partial charge in [-0.1, -0.05) is 82.6 Å². The molecule has 0 bridgehead atoms. The third kappa shape index (κ3) is 5.05. The molecule has 2 heteroatoms. The zero-order chi connectivity index (χ0) is 25.6. The second-order valence-electron chi connectivity index (χ2n) is 9.11. The lowest BCUT2D eigenvalue weighted by atomic mass is 10.0. The molecule has 0 spiro atoms. The highest BCUT2D eigenvalue weighted by Crippen LogP contribution is 2.37. The van der Waals surface area contributed by atoms with Crippen LogP contribution in [0.2, 0.25) is 0 Å². The summed E-state index contributed by atoms with van der Waals surface area (Å²) in [6, 6.07) is 59.6. The number of benzene rings is 6. The van der Waals surface area contributed by atoms with Gasteiger partial charge in [0.25, 0.3) is 0 Å². The minimum atomic E-state index is 1.13. The van der Waals surface area contributed by atoms with Crippen molar-refractivity contribution < 1.29 is 0 Å². The molecular formula is C36H28N2+2. The smallest absolute Gasteiger partial charge is 0.0618 e. The van der Waals surface area contributed by atoms with E-state index in [1.165, 1.54) is 11.1 Å². The Kier molecular flexibility index (Phi) is 6.90. The lowest BCUT2D eigenvalue weighted by Crippen LogP contribution is -2.11. The average molecular weight is 489 g/mol. The molecule has 6 aromatic carbocycles. The van der Waals surface area contributed by atoms with Crippen molar-refractivity contribution in [1.29, 1.82) is 0 Å². The van der Waals surface area contributed by atoms with Gasteiger partial charge in [0.1, 0.15) is 0 Å². The molecule has 0 aliphatic carbocycles. The van der Waals surface area contributed by atoms with E-state index in [0.29, 0.717) is 0 Å². The second-order valence-corrected chi connectivity index (χ2v) is 9.11. The first-order valence-electron chi connectivity index (χ1n) is 12.9. The summed E-state index contributed by atoms with van der Waals surface area (Å²) >= 11 is 0. The van der Waals surface area contributed by atoms with Crippen molar-refractivity contribution in [2.75, 3.05) is 0 Å². The molecule has 2 nitrogen and oxygen atoms in total. The number of rotatable bonds is 7. The Labute approximate surface area is 224 Å². The monoisotopic (exact) mass is 488 g/mol. The fourth-order valence-corrected chi connectivity index (χ4v) is 4.81. The first kappa shape index (κ1) is 23.6. The highest BCUT2D eigenvalue weighted by Gasteiger charge is 2.26. The van der Waals surface area contributed by atoms with Gasteiger partial charge in [0, 0.05) is 72.8 Å². The van der Waals surface area contributed by atoms with E-state index >= 15 is 0 Å². The highest BCUT2D eigenvalue weighted by atomic mass is 15.1. The van der Waals surface area contributed by atoms with E-state index in [0.717, 1.165) is 34.1 Å². The van der Waals surface area contributed by atoms with Crippen molar-refractivity contribution in [2.24, 2.45) is 0 Å². The Morgan fingerprint density at radius 1 is 0.211 bits per heavy atom. The van der Waals surface area contributed by atoms with E-state index in [1.807, 2.05) is 0 Å². The summed E-state index contributed by atoms with van der Waals surface area (Å²) in [5.74, 6) is 0. The number of para-hydroxylation sites is 4. The highest BCUT2D eigenvalue weighted by molar-refractivity contribution is 5.72. The van der Waals surface area contributed by atoms with Crippen LogP contribution in [0.25, 0.3) is 11.1 Å². The second kappa shape index (κ2) is 11.1. The SMILES string of the molecule is c1ccc([N+](c2ccccc2)c2ccc(-c3ccc([N+](c4ccccc4)c4ccccc4)cc3)cc2)cc1. The minimum Gasteiger partial charge on any atom is -0.0618 e. The van der Waals surface area contributed by atoms with Gasteiger partial charge in [0.2, 0.25) is 0 Å². The average Bonchev–Trinajstić information content (AvgIpc) is 3.00. The van der Waals surface area contributed by atoms with Crippen molar-refractivity contribution in [3.8, 4) is 11.1 Å². The van der Waals surface area contributed by atoms with Crippen molar-refractivity contribution in [3.63, 3.8) is 0 Å². The molecule has 180 valence electrons. The molecule has 0 saturated carbocycles. The zero-order valence-electron chi connectivity index (χ0n) is 21.1. The maximum Gasteiger partial charge on any atom is 0.192 e. The van der Waals surface area contributed by atoms with E-state index in [2.05, 4.69) is 180 Å². The van der Waals surface area contributed by atoms with Gasteiger partial charge in [-0.15, -0.1) is 0 Å². The lowest BCUT2D eigenvalue weighted by molar-refractivity contribution is 0.930. The number of hydrogen-bond acceptors (Lipinski definition) is 2. The topological polar surface area (TPSA) is 11.8 Å². The molecule has 0 aromatic heterocycles. The van der Waals surface area contributed by atoms with Gasteiger partial charge < -0.3 is 0 Å². The minimum absolute atomic E-state index is 1.13. The Morgan fingerprint density at radius 2 is 0.421 bits per heavy atom. The quantitative estimate of drug-likeness (QED) is 0.198. The molecule has 38 heavy (non-hydrogen) atoms. The summed E-state index contributed by atoms with van der Waals surface area (Å²) in [4.78, 5) is 4.56. The van der Waals surface area contributed by atoms with Gasteiger partial charge in [-0.3, -0.25) is 0 Å². The Hall–Kier alpha value is -4.76. The van der Waals surface area contributed by atoms with Crippen LogP contribution in [0.3, 0.4) is 0 Å². The molecule has 2 radical (unpaired) electrons. The summed E-state index contributed by atoms with van der Waals surface area (Å²) in [6.45, 7) is 0. The third-order valence-corrected chi connectivity index (χ3v) is 6.64. The molecule has 0 aliphatic rings. The maximum absolute atomic E-state index is 2.28. The Morgan fingerprint density at radius 3 is 0.658 bits per heavy atom. The van der Waals surface area contributed by atoms with Crippen molar-refractivity contribution in [3.05, 3.63) is 170 Å². The summed E-state index contributed by atoms with van der Waals surface area (Å²) in [5.41, 5.74) is 9.18. The molecule has 6 aromatic rings. The predicted octanol–water partition coefficient (Wildman–Crippen LogP) is 10.2. The fraction of sp³-hybridized carbons (Fsp3) is 0. The molecular weight excluding hydrogens is 460 g/mol. The standard InChI is InChI=1S/C36H28N2/c1-5-13-31(14-6-1)37(32-15-7-2-8-16-32)35-25-21-29(22-26-35)30-23-27-36(28-24-30)38(33-17-9-3-10-18-33)34-19-11-4-12-20-34/h1-28H/q+2. The van der Waals surface area contributed by atoms with E-state index in [9.17, 15) is 0 Å². The normalized spacial score (nSPS) is 11.1. The van der Waals surface area contributed by atoms with Gasteiger partial charge in [-0.2, -0.15) is 0 Å². The van der Waals surface area contributed by atoms with Gasteiger partial charge in [0.05, 0.1) is 0 Å². The van der Waals surface area contributed by atoms with Crippen LogP contribution < -0.4 is 9.80 Å². The van der Waals surface area contributed by atoms with Gasteiger partial charge in [-0.05, 0) is 35.4 Å². The lowest BCUT2D eigenvalue weighted by Gasteiger charge is -2.12. The number of hydrogen-bond donors (Lipinski definition) is 0. The van der Waals surface area contributed by atoms with E-state index in [-0.39, 0.29) is 0 Å². The Bertz CT molecular complexity index is 1360. The van der Waals surface area contributed by atoms with E-state index in [1.54, 1.807) is 0 Å². The first-order chi connectivity index (χ1) is 18.9. The molecule has 0 saturated heterocycles. The van der Waals surface area contributed by atoms with Crippen LogP contribution in [0.1, 0.15) is 0 Å². The van der Waals surface area contributed by atoms with Crippen LogP contribution in [0, 0.1) is 0 Å². The summed E-state index contributed by atoms with van der Waals surface area (Å²) in [5, 5.41) is 0. The fourth-order valence-electron chi connectivity index (χ4n) is 4.81. The molecule has 6 rings (SSSR count). The van der Waals surface area contributed by atoms with Crippen molar-refractivity contribution >= 4 is 34.1 Å². The van der Waals surface area contributed by atoms with Crippen molar-refractivity contribution in [1.82, 2.24) is 9.80 Å². The van der Waals surface area contributed by atoms with Gasteiger partial charge >= 0.3 is 0 Å². The molecule has 0 amide bonds. The van der Waals surface area contributed by atoms with Gasteiger partial charge in [-0.25, -0.2) is 0 Å². The molecule has 0 unspecified atom stereocenters. The number of nitrogens with zero attached hydrogens (tertiary/aromatic N) is 2. The maximum atomic E-state index is 2.28. The predicted molar refractivity (Wildman–Crippen MR) is 160 cm³/mol. The molecule has 0 aliphatic heterocycles. The molecule has 0 atom stereocenters. The number of anilines is 6. The van der Waals surface area contributed by atoms with Crippen molar-refractivity contribution in [2.45, 2.75) is 0 Å².